The predicted octanol–water partition coefficient (Wildman–Crippen LogP) is 2.81. The van der Waals surface area contributed by atoms with Gasteiger partial charge < -0.3 is 10.1 Å². The van der Waals surface area contributed by atoms with Crippen LogP contribution in [-0.2, 0) is 4.74 Å². The first-order chi connectivity index (χ1) is 8.65. The molecule has 0 radical (unpaired) electrons. The molecule has 98 valence electrons. The monoisotopic (exact) mass is 379 g/mol. The fraction of sp³-hybridized carbons (Fsp3) is 0.462. The summed E-state index contributed by atoms with van der Waals surface area (Å²) >= 11 is 8.24. The number of carbonyl (C=O) groups excluding carboxylic acids is 1. The van der Waals surface area contributed by atoms with Crippen molar-refractivity contribution < 1.29 is 9.53 Å². The molecule has 1 aromatic carbocycles. The number of amides is 1. The second kappa shape index (κ2) is 6.21. The van der Waals surface area contributed by atoms with Gasteiger partial charge in [-0.2, -0.15) is 0 Å². The van der Waals surface area contributed by atoms with Crippen LogP contribution in [0.5, 0.6) is 0 Å². The van der Waals surface area contributed by atoms with Crippen molar-refractivity contribution in [3.8, 4) is 0 Å². The third kappa shape index (κ3) is 3.36. The zero-order chi connectivity index (χ0) is 13.0. The topological polar surface area (TPSA) is 38.3 Å². The molecule has 1 amide bonds. The van der Waals surface area contributed by atoms with E-state index in [0.717, 1.165) is 16.4 Å². The van der Waals surface area contributed by atoms with Crippen LogP contribution < -0.4 is 5.32 Å². The van der Waals surface area contributed by atoms with Crippen LogP contribution in [0.15, 0.2) is 24.3 Å². The molecule has 1 N–H and O–H groups in total. The summed E-state index contributed by atoms with van der Waals surface area (Å²) in [5.74, 6) is 0.362. The molecule has 0 aliphatic carbocycles. The number of hydrogen-bond acceptors (Lipinski definition) is 2. The molecule has 1 saturated heterocycles. The Morgan fingerprint density at radius 3 is 2.50 bits per heavy atom. The van der Waals surface area contributed by atoms with E-state index < -0.39 is 0 Å². The smallest absolute Gasteiger partial charge is 0.251 e. The van der Waals surface area contributed by atoms with Crippen LogP contribution in [0.1, 0.15) is 23.2 Å². The van der Waals surface area contributed by atoms with E-state index in [4.69, 9.17) is 16.3 Å². The highest BCUT2D eigenvalue weighted by molar-refractivity contribution is 14.1. The minimum Gasteiger partial charge on any atom is -0.381 e. The van der Waals surface area contributed by atoms with E-state index in [-0.39, 0.29) is 11.4 Å². The van der Waals surface area contributed by atoms with Crippen molar-refractivity contribution in [1.82, 2.24) is 5.32 Å². The summed E-state index contributed by atoms with van der Waals surface area (Å²) in [6.07, 6.45) is 1.54. The Morgan fingerprint density at radius 2 is 1.94 bits per heavy atom. The van der Waals surface area contributed by atoms with Crippen molar-refractivity contribution in [3.05, 3.63) is 33.4 Å². The Kier molecular flexibility index (Phi) is 4.86. The molecule has 0 saturated carbocycles. The molecule has 2 rings (SSSR count). The number of ether oxygens (including phenoxy) is 1. The Labute approximate surface area is 125 Å². The fourth-order valence-corrected chi connectivity index (χ4v) is 2.66. The highest BCUT2D eigenvalue weighted by Gasteiger charge is 2.33. The molecule has 0 unspecified atom stereocenters. The summed E-state index contributed by atoms with van der Waals surface area (Å²) in [7, 11) is 0. The number of rotatable bonds is 3. The molecule has 3 nitrogen and oxygen atoms in total. The number of carbonyl (C=O) groups is 1. The van der Waals surface area contributed by atoms with Crippen molar-refractivity contribution in [2.24, 2.45) is 0 Å². The Hall–Kier alpha value is -0.330. The van der Waals surface area contributed by atoms with E-state index in [2.05, 4.69) is 27.9 Å². The average molecular weight is 380 g/mol. The van der Waals surface area contributed by atoms with Gasteiger partial charge in [-0.25, -0.2) is 0 Å². The van der Waals surface area contributed by atoms with E-state index in [9.17, 15) is 4.79 Å². The lowest BCUT2D eigenvalue weighted by Crippen LogP contribution is -2.53. The minimum absolute atomic E-state index is 0.0612. The molecule has 0 atom stereocenters. The van der Waals surface area contributed by atoms with E-state index in [0.29, 0.717) is 24.7 Å². The molecule has 1 aromatic rings. The highest BCUT2D eigenvalue weighted by atomic mass is 127. The van der Waals surface area contributed by atoms with Gasteiger partial charge in [0.2, 0.25) is 0 Å². The lowest BCUT2D eigenvalue weighted by Gasteiger charge is -2.36. The minimum atomic E-state index is -0.320. The Balaban J connectivity index is 2.07. The van der Waals surface area contributed by atoms with E-state index >= 15 is 0 Å². The average Bonchev–Trinajstić information content (AvgIpc) is 2.40. The quantitative estimate of drug-likeness (QED) is 0.648. The van der Waals surface area contributed by atoms with Gasteiger partial charge in [0.25, 0.3) is 5.91 Å². The van der Waals surface area contributed by atoms with Crippen LogP contribution in [0.4, 0.5) is 0 Å². The summed E-state index contributed by atoms with van der Waals surface area (Å²) in [5, 5.41) is 3.06. The zero-order valence-electron chi connectivity index (χ0n) is 9.92. The van der Waals surface area contributed by atoms with Crippen LogP contribution in [0.2, 0.25) is 0 Å². The first-order valence-electron chi connectivity index (χ1n) is 5.87. The normalized spacial score (nSPS) is 18.3. The molecular weight excluding hydrogens is 365 g/mol. The summed E-state index contributed by atoms with van der Waals surface area (Å²) in [6.45, 7) is 1.30. The molecule has 5 heteroatoms. The largest absolute Gasteiger partial charge is 0.381 e. The summed E-state index contributed by atoms with van der Waals surface area (Å²) in [6, 6.07) is 7.51. The SMILES string of the molecule is O=C(NC1(CCl)CCOCC1)c1ccc(I)cc1. The van der Waals surface area contributed by atoms with Crippen molar-refractivity contribution in [3.63, 3.8) is 0 Å². The second-order valence-electron chi connectivity index (χ2n) is 4.49. The molecule has 0 aromatic heterocycles. The molecule has 18 heavy (non-hydrogen) atoms. The van der Waals surface area contributed by atoms with Crippen LogP contribution in [0.25, 0.3) is 0 Å². The molecule has 0 bridgehead atoms. The molecular formula is C13H15ClINO2. The molecule has 0 spiro atoms. The maximum Gasteiger partial charge on any atom is 0.251 e. The molecule has 1 fully saturated rings. The lowest BCUT2D eigenvalue weighted by molar-refractivity contribution is 0.0434. The number of hydrogen-bond donors (Lipinski definition) is 1. The third-order valence-corrected chi connectivity index (χ3v) is 4.42. The van der Waals surface area contributed by atoms with Crippen LogP contribution in [-0.4, -0.2) is 30.5 Å². The molecule has 1 aliphatic rings. The van der Waals surface area contributed by atoms with E-state index in [1.807, 2.05) is 24.3 Å². The van der Waals surface area contributed by atoms with Crippen LogP contribution >= 0.6 is 34.2 Å². The highest BCUT2D eigenvalue weighted by Crippen LogP contribution is 2.23. The van der Waals surface area contributed by atoms with Crippen molar-refractivity contribution in [1.29, 1.82) is 0 Å². The summed E-state index contributed by atoms with van der Waals surface area (Å²) < 4.78 is 6.43. The number of nitrogens with one attached hydrogen (secondary N) is 1. The number of halogens is 2. The van der Waals surface area contributed by atoms with Crippen LogP contribution in [0, 0.1) is 3.57 Å². The maximum atomic E-state index is 12.2. The van der Waals surface area contributed by atoms with Gasteiger partial charge in [0.15, 0.2) is 0 Å². The van der Waals surface area contributed by atoms with Crippen molar-refractivity contribution in [2.75, 3.05) is 19.1 Å². The van der Waals surface area contributed by atoms with Gasteiger partial charge in [0.1, 0.15) is 0 Å². The molecule has 1 aliphatic heterocycles. The van der Waals surface area contributed by atoms with Gasteiger partial charge >= 0.3 is 0 Å². The van der Waals surface area contributed by atoms with Gasteiger partial charge in [-0.3, -0.25) is 4.79 Å². The lowest BCUT2D eigenvalue weighted by atomic mass is 9.92. The van der Waals surface area contributed by atoms with Gasteiger partial charge in [0, 0.05) is 28.2 Å². The summed E-state index contributed by atoms with van der Waals surface area (Å²) in [4.78, 5) is 12.2. The molecule has 1 heterocycles. The first-order valence-corrected chi connectivity index (χ1v) is 7.48. The third-order valence-electron chi connectivity index (χ3n) is 3.19. The van der Waals surface area contributed by atoms with Gasteiger partial charge in [-0.1, -0.05) is 0 Å². The van der Waals surface area contributed by atoms with E-state index in [1.165, 1.54) is 0 Å². The van der Waals surface area contributed by atoms with E-state index in [1.54, 1.807) is 0 Å². The van der Waals surface area contributed by atoms with Crippen LogP contribution in [0.3, 0.4) is 0 Å². The standard InChI is InChI=1S/C13H15ClINO2/c14-9-13(5-7-18-8-6-13)16-12(17)10-1-3-11(15)4-2-10/h1-4H,5-9H2,(H,16,17). The zero-order valence-corrected chi connectivity index (χ0v) is 12.8. The number of alkyl halides is 1. The fourth-order valence-electron chi connectivity index (χ4n) is 1.97. The van der Waals surface area contributed by atoms with Gasteiger partial charge in [-0.15, -0.1) is 11.6 Å². The first kappa shape index (κ1) is 14.1. The maximum absolute atomic E-state index is 12.2. The Morgan fingerprint density at radius 1 is 1.33 bits per heavy atom. The number of benzene rings is 1. The van der Waals surface area contributed by atoms with Crippen molar-refractivity contribution in [2.45, 2.75) is 18.4 Å². The predicted molar refractivity (Wildman–Crippen MR) is 80.1 cm³/mol. The Bertz CT molecular complexity index is 416. The van der Waals surface area contributed by atoms with Crippen molar-refractivity contribution >= 4 is 40.1 Å². The van der Waals surface area contributed by atoms with Gasteiger partial charge in [-0.05, 0) is 59.7 Å². The van der Waals surface area contributed by atoms with Gasteiger partial charge in [0.05, 0.1) is 5.54 Å². The summed E-state index contributed by atoms with van der Waals surface area (Å²) in [5.41, 5.74) is 0.353. The second-order valence-corrected chi connectivity index (χ2v) is 6.00.